The summed E-state index contributed by atoms with van der Waals surface area (Å²) >= 11 is 0. The van der Waals surface area contributed by atoms with Gasteiger partial charge in [0.25, 0.3) is 0 Å². The summed E-state index contributed by atoms with van der Waals surface area (Å²) in [7, 11) is -3.72. The Morgan fingerprint density at radius 1 is 1.26 bits per heavy atom. The van der Waals surface area contributed by atoms with E-state index in [2.05, 4.69) is 5.16 Å². The zero-order valence-corrected chi connectivity index (χ0v) is 13.5. The highest BCUT2D eigenvalue weighted by molar-refractivity contribution is 7.89. The van der Waals surface area contributed by atoms with E-state index in [0.717, 1.165) is 5.69 Å². The molecule has 0 aliphatic carbocycles. The van der Waals surface area contributed by atoms with Gasteiger partial charge in [-0.05, 0) is 19.1 Å². The molecule has 1 aromatic carbocycles. The Balaban J connectivity index is 1.76. The first kappa shape index (κ1) is 15.6. The Bertz CT molecular complexity index is 790. The maximum absolute atomic E-state index is 12.7. The van der Waals surface area contributed by atoms with Crippen LogP contribution in [0.15, 0.2) is 33.7 Å². The summed E-state index contributed by atoms with van der Waals surface area (Å²) in [5.41, 5.74) is 6.48. The molecule has 1 saturated heterocycles. The molecule has 0 radical (unpaired) electrons. The number of nitrogens with two attached hydrogens (primary N) is 1. The summed E-state index contributed by atoms with van der Waals surface area (Å²) in [6.07, 6.45) is 0. The second-order valence-electron chi connectivity index (χ2n) is 5.36. The molecule has 9 heteroatoms. The molecule has 0 amide bonds. The van der Waals surface area contributed by atoms with Crippen LogP contribution >= 0.6 is 0 Å². The van der Waals surface area contributed by atoms with Crippen molar-refractivity contribution < 1.29 is 18.0 Å². The molecule has 124 valence electrons. The average molecular weight is 338 g/mol. The lowest BCUT2D eigenvalue weighted by atomic mass is 10.2. The van der Waals surface area contributed by atoms with E-state index in [1.807, 2.05) is 11.0 Å². The number of hydrogen-bond donors (Lipinski definition) is 2. The van der Waals surface area contributed by atoms with Crippen molar-refractivity contribution in [3.8, 4) is 5.75 Å². The van der Waals surface area contributed by atoms with Crippen molar-refractivity contribution in [2.24, 2.45) is 0 Å². The van der Waals surface area contributed by atoms with E-state index >= 15 is 0 Å². The monoisotopic (exact) mass is 338 g/mol. The first-order valence-electron chi connectivity index (χ1n) is 7.15. The number of benzene rings is 1. The maximum atomic E-state index is 12.7. The molecule has 3 rings (SSSR count). The van der Waals surface area contributed by atoms with Gasteiger partial charge in [0.2, 0.25) is 10.0 Å². The predicted molar refractivity (Wildman–Crippen MR) is 84.7 cm³/mol. The van der Waals surface area contributed by atoms with Gasteiger partial charge in [-0.3, -0.25) is 0 Å². The van der Waals surface area contributed by atoms with Gasteiger partial charge in [-0.15, -0.1) is 0 Å². The van der Waals surface area contributed by atoms with Crippen molar-refractivity contribution in [2.45, 2.75) is 11.8 Å². The first-order chi connectivity index (χ1) is 10.9. The van der Waals surface area contributed by atoms with Gasteiger partial charge < -0.3 is 20.3 Å². The van der Waals surface area contributed by atoms with Gasteiger partial charge in [0, 0.05) is 37.9 Å². The Kier molecular flexibility index (Phi) is 3.90. The molecule has 1 fully saturated rings. The highest BCUT2D eigenvalue weighted by Gasteiger charge is 2.33. The number of nitrogen functional groups attached to an aromatic ring is 1. The summed E-state index contributed by atoms with van der Waals surface area (Å²) in [5, 5.41) is 13.1. The zero-order chi connectivity index (χ0) is 16.6. The fourth-order valence-corrected chi connectivity index (χ4v) is 4.30. The minimum atomic E-state index is -3.72. The molecule has 1 aliphatic heterocycles. The fraction of sp³-hybridized carbons (Fsp3) is 0.357. The van der Waals surface area contributed by atoms with Crippen LogP contribution in [0.25, 0.3) is 0 Å². The van der Waals surface area contributed by atoms with Crippen molar-refractivity contribution in [1.82, 2.24) is 9.46 Å². The van der Waals surface area contributed by atoms with Gasteiger partial charge in [-0.1, -0.05) is 11.2 Å². The van der Waals surface area contributed by atoms with Crippen LogP contribution in [-0.2, 0) is 10.0 Å². The fourth-order valence-electron chi connectivity index (χ4n) is 2.70. The van der Waals surface area contributed by atoms with E-state index in [0.29, 0.717) is 26.2 Å². The number of nitrogens with zero attached hydrogens (tertiary/aromatic N) is 3. The molecule has 0 spiro atoms. The van der Waals surface area contributed by atoms with Crippen molar-refractivity contribution >= 4 is 21.5 Å². The number of aromatic nitrogens is 1. The normalized spacial score (nSPS) is 16.7. The topological polar surface area (TPSA) is 113 Å². The summed E-state index contributed by atoms with van der Waals surface area (Å²) in [6.45, 7) is 3.21. The van der Waals surface area contributed by atoms with Gasteiger partial charge in [-0.2, -0.15) is 4.31 Å². The standard InChI is InChI=1S/C14H18N4O4S/c1-10-13(14(15)16-22-10)23(20,21)18-7-5-17(6-8-18)11-3-2-4-12(19)9-11/h2-4,9,19H,5-8H2,1H3,(H2,15,16). The minimum absolute atomic E-state index is 0.0525. The second-order valence-corrected chi connectivity index (χ2v) is 7.24. The predicted octanol–water partition coefficient (Wildman–Crippen LogP) is 0.782. The van der Waals surface area contributed by atoms with Gasteiger partial charge in [0.15, 0.2) is 16.5 Å². The molecule has 2 aromatic rings. The van der Waals surface area contributed by atoms with Crippen LogP contribution < -0.4 is 10.6 Å². The van der Waals surface area contributed by atoms with E-state index in [1.54, 1.807) is 18.2 Å². The second kappa shape index (κ2) is 5.74. The van der Waals surface area contributed by atoms with Gasteiger partial charge in [0.05, 0.1) is 0 Å². The molecule has 8 nitrogen and oxygen atoms in total. The van der Waals surface area contributed by atoms with E-state index in [-0.39, 0.29) is 22.2 Å². The van der Waals surface area contributed by atoms with E-state index in [4.69, 9.17) is 10.3 Å². The summed E-state index contributed by atoms with van der Waals surface area (Å²) in [6, 6.07) is 6.90. The summed E-state index contributed by atoms with van der Waals surface area (Å²) in [5.74, 6) is 0.265. The maximum Gasteiger partial charge on any atom is 0.250 e. The molecular weight excluding hydrogens is 320 g/mol. The number of rotatable bonds is 3. The lowest BCUT2D eigenvalue weighted by Gasteiger charge is -2.35. The molecule has 0 saturated carbocycles. The van der Waals surface area contributed by atoms with Crippen LogP contribution in [-0.4, -0.2) is 49.2 Å². The summed E-state index contributed by atoms with van der Waals surface area (Å²) < 4.78 is 31.6. The molecule has 1 aromatic heterocycles. The lowest BCUT2D eigenvalue weighted by Crippen LogP contribution is -2.48. The van der Waals surface area contributed by atoms with Crippen molar-refractivity contribution in [1.29, 1.82) is 0 Å². The number of aromatic hydroxyl groups is 1. The van der Waals surface area contributed by atoms with Crippen LogP contribution in [0.1, 0.15) is 5.76 Å². The average Bonchev–Trinajstić information content (AvgIpc) is 2.87. The Morgan fingerprint density at radius 3 is 2.52 bits per heavy atom. The highest BCUT2D eigenvalue weighted by atomic mass is 32.2. The molecule has 23 heavy (non-hydrogen) atoms. The zero-order valence-electron chi connectivity index (χ0n) is 12.6. The first-order valence-corrected chi connectivity index (χ1v) is 8.59. The van der Waals surface area contributed by atoms with E-state index in [9.17, 15) is 13.5 Å². The van der Waals surface area contributed by atoms with Crippen LogP contribution in [0.3, 0.4) is 0 Å². The quantitative estimate of drug-likeness (QED) is 0.850. The Hall–Kier alpha value is -2.26. The third-order valence-electron chi connectivity index (χ3n) is 3.86. The number of anilines is 2. The van der Waals surface area contributed by atoms with Gasteiger partial charge in [0.1, 0.15) is 5.75 Å². The van der Waals surface area contributed by atoms with E-state index in [1.165, 1.54) is 11.2 Å². The highest BCUT2D eigenvalue weighted by Crippen LogP contribution is 2.27. The molecular formula is C14H18N4O4S. The molecule has 2 heterocycles. The van der Waals surface area contributed by atoms with E-state index < -0.39 is 10.0 Å². The van der Waals surface area contributed by atoms with Crippen LogP contribution in [0.4, 0.5) is 11.5 Å². The molecule has 3 N–H and O–H groups in total. The number of sulfonamides is 1. The number of hydrogen-bond acceptors (Lipinski definition) is 7. The molecule has 0 bridgehead atoms. The SMILES string of the molecule is Cc1onc(N)c1S(=O)(=O)N1CCN(c2cccc(O)c2)CC1. The number of phenols is 1. The van der Waals surface area contributed by atoms with Crippen LogP contribution in [0.2, 0.25) is 0 Å². The third-order valence-corrected chi connectivity index (χ3v) is 5.92. The minimum Gasteiger partial charge on any atom is -0.508 e. The number of aryl methyl sites for hydroxylation is 1. The lowest BCUT2D eigenvalue weighted by molar-refractivity contribution is 0.379. The smallest absolute Gasteiger partial charge is 0.250 e. The number of phenolic OH excluding ortho intramolecular Hbond substituents is 1. The molecule has 0 atom stereocenters. The summed E-state index contributed by atoms with van der Waals surface area (Å²) in [4.78, 5) is 1.97. The molecule has 0 unspecified atom stereocenters. The Labute approximate surface area is 134 Å². The van der Waals surface area contributed by atoms with Crippen LogP contribution in [0, 0.1) is 6.92 Å². The van der Waals surface area contributed by atoms with Crippen molar-refractivity contribution in [3.63, 3.8) is 0 Å². The third kappa shape index (κ3) is 2.84. The number of piperazine rings is 1. The van der Waals surface area contributed by atoms with Crippen molar-refractivity contribution in [3.05, 3.63) is 30.0 Å². The largest absolute Gasteiger partial charge is 0.508 e. The van der Waals surface area contributed by atoms with Gasteiger partial charge in [-0.25, -0.2) is 8.42 Å². The van der Waals surface area contributed by atoms with Gasteiger partial charge >= 0.3 is 0 Å². The Morgan fingerprint density at radius 2 is 1.96 bits per heavy atom. The molecule has 1 aliphatic rings. The van der Waals surface area contributed by atoms with Crippen molar-refractivity contribution in [2.75, 3.05) is 36.8 Å². The van der Waals surface area contributed by atoms with Crippen LogP contribution in [0.5, 0.6) is 5.75 Å².